The number of amides is 2. The second-order valence-corrected chi connectivity index (χ2v) is 5.80. The van der Waals surface area contributed by atoms with Gasteiger partial charge in [0.15, 0.2) is 0 Å². The van der Waals surface area contributed by atoms with E-state index in [4.69, 9.17) is 5.11 Å². The summed E-state index contributed by atoms with van der Waals surface area (Å²) in [5.41, 5.74) is 0.234. The van der Waals surface area contributed by atoms with Crippen molar-refractivity contribution in [3.63, 3.8) is 0 Å². The summed E-state index contributed by atoms with van der Waals surface area (Å²) in [6, 6.07) is 3.72. The first-order valence-electron chi connectivity index (χ1n) is 6.41. The summed E-state index contributed by atoms with van der Waals surface area (Å²) in [5, 5.41) is 21.0. The second-order valence-electron chi connectivity index (χ2n) is 5.80. The first-order valence-corrected chi connectivity index (χ1v) is 6.41. The maximum absolute atomic E-state index is 12.1. The van der Waals surface area contributed by atoms with Gasteiger partial charge in [-0.3, -0.25) is 0 Å². The van der Waals surface area contributed by atoms with Crippen LogP contribution in [0.1, 0.15) is 30.6 Å². The van der Waals surface area contributed by atoms with E-state index in [1.807, 2.05) is 0 Å². The molecule has 1 fully saturated rings. The van der Waals surface area contributed by atoms with Gasteiger partial charge in [0.1, 0.15) is 11.3 Å². The van der Waals surface area contributed by atoms with Gasteiger partial charge in [0.05, 0.1) is 0 Å². The third kappa shape index (κ3) is 3.01. The van der Waals surface area contributed by atoms with E-state index >= 15 is 0 Å². The average Bonchev–Trinajstić information content (AvgIpc) is 2.72. The summed E-state index contributed by atoms with van der Waals surface area (Å²) in [5.74, 6) is -1.56. The van der Waals surface area contributed by atoms with Gasteiger partial charge in [-0.2, -0.15) is 0 Å². The SMILES string of the molecule is CC1(C)CCN(C(=O)Nc2ccc(O)c(C(=O)O)c2)C1. The quantitative estimate of drug-likeness (QED) is 0.724. The topological polar surface area (TPSA) is 89.9 Å². The molecule has 0 bridgehead atoms. The number of aromatic carboxylic acids is 1. The maximum atomic E-state index is 12.1. The standard InChI is InChI=1S/C14H18N2O4/c1-14(2)5-6-16(8-14)13(20)15-9-3-4-11(17)10(7-9)12(18)19/h3-4,7,17H,5-6,8H2,1-2H3,(H,15,20)(H,18,19). The van der Waals surface area contributed by atoms with Crippen molar-refractivity contribution in [3.05, 3.63) is 23.8 Å². The number of nitrogens with one attached hydrogen (secondary N) is 1. The van der Waals surface area contributed by atoms with E-state index in [9.17, 15) is 14.7 Å². The third-order valence-electron chi connectivity index (χ3n) is 3.44. The Kier molecular flexibility index (Phi) is 3.57. The molecule has 1 aromatic carbocycles. The summed E-state index contributed by atoms with van der Waals surface area (Å²) in [6.07, 6.45) is 0.941. The molecule has 1 heterocycles. The molecule has 1 aliphatic rings. The zero-order chi connectivity index (χ0) is 14.9. The number of likely N-dealkylation sites (tertiary alicyclic amines) is 1. The van der Waals surface area contributed by atoms with Crippen molar-refractivity contribution in [3.8, 4) is 5.75 Å². The third-order valence-corrected chi connectivity index (χ3v) is 3.44. The highest BCUT2D eigenvalue weighted by Gasteiger charge is 2.32. The number of hydrogen-bond acceptors (Lipinski definition) is 3. The Bertz CT molecular complexity index is 554. The minimum absolute atomic E-state index is 0.110. The van der Waals surface area contributed by atoms with Gasteiger partial charge in [0, 0.05) is 18.8 Å². The molecule has 6 heteroatoms. The molecule has 0 unspecified atom stereocenters. The zero-order valence-corrected chi connectivity index (χ0v) is 11.5. The maximum Gasteiger partial charge on any atom is 0.339 e. The van der Waals surface area contributed by atoms with E-state index in [2.05, 4.69) is 19.2 Å². The van der Waals surface area contributed by atoms with Crippen LogP contribution in [0.5, 0.6) is 5.75 Å². The summed E-state index contributed by atoms with van der Waals surface area (Å²) in [4.78, 5) is 24.7. The lowest BCUT2D eigenvalue weighted by atomic mass is 9.93. The number of aromatic hydroxyl groups is 1. The van der Waals surface area contributed by atoms with Crippen molar-refractivity contribution < 1.29 is 19.8 Å². The number of carboxylic acid groups (broad SMARTS) is 1. The van der Waals surface area contributed by atoms with Gasteiger partial charge in [-0.1, -0.05) is 13.8 Å². The van der Waals surface area contributed by atoms with Crippen molar-refractivity contribution in [2.24, 2.45) is 5.41 Å². The predicted octanol–water partition coefficient (Wildman–Crippen LogP) is 2.35. The number of benzene rings is 1. The van der Waals surface area contributed by atoms with Crippen molar-refractivity contribution in [2.45, 2.75) is 20.3 Å². The van der Waals surface area contributed by atoms with Gasteiger partial charge in [-0.25, -0.2) is 9.59 Å². The smallest absolute Gasteiger partial charge is 0.339 e. The highest BCUT2D eigenvalue weighted by molar-refractivity contribution is 5.95. The highest BCUT2D eigenvalue weighted by Crippen LogP contribution is 2.29. The van der Waals surface area contributed by atoms with Crippen LogP contribution in [0.15, 0.2) is 18.2 Å². The van der Waals surface area contributed by atoms with E-state index in [0.29, 0.717) is 18.8 Å². The summed E-state index contributed by atoms with van der Waals surface area (Å²) >= 11 is 0. The molecule has 3 N–H and O–H groups in total. The lowest BCUT2D eigenvalue weighted by Gasteiger charge is -2.20. The number of urea groups is 1. The first kappa shape index (κ1) is 14.2. The second kappa shape index (κ2) is 5.03. The van der Waals surface area contributed by atoms with Gasteiger partial charge >= 0.3 is 12.0 Å². The van der Waals surface area contributed by atoms with E-state index in [1.165, 1.54) is 18.2 Å². The van der Waals surface area contributed by atoms with Crippen LogP contribution in [0.3, 0.4) is 0 Å². The fraction of sp³-hybridized carbons (Fsp3) is 0.429. The number of nitrogens with zero attached hydrogens (tertiary/aromatic N) is 1. The average molecular weight is 278 g/mol. The van der Waals surface area contributed by atoms with Crippen molar-refractivity contribution in [1.82, 2.24) is 4.90 Å². The number of anilines is 1. The molecule has 0 spiro atoms. The summed E-state index contributed by atoms with van der Waals surface area (Å²) in [7, 11) is 0. The van der Waals surface area contributed by atoms with Crippen LogP contribution >= 0.6 is 0 Å². The molecule has 1 aromatic rings. The number of carbonyl (C=O) groups excluding carboxylic acids is 1. The molecule has 2 rings (SSSR count). The monoisotopic (exact) mass is 278 g/mol. The van der Waals surface area contributed by atoms with Gasteiger partial charge in [-0.05, 0) is 30.0 Å². The van der Waals surface area contributed by atoms with E-state index in [0.717, 1.165) is 6.42 Å². The van der Waals surface area contributed by atoms with E-state index < -0.39 is 5.97 Å². The zero-order valence-electron chi connectivity index (χ0n) is 11.5. The molecule has 108 valence electrons. The summed E-state index contributed by atoms with van der Waals surface area (Å²) < 4.78 is 0. The van der Waals surface area contributed by atoms with Crippen LogP contribution < -0.4 is 5.32 Å². The van der Waals surface area contributed by atoms with Gasteiger partial charge < -0.3 is 20.4 Å². The lowest BCUT2D eigenvalue weighted by molar-refractivity contribution is 0.0693. The molecule has 0 aliphatic carbocycles. The Labute approximate surface area is 117 Å². The number of carboxylic acids is 1. The molecule has 0 saturated carbocycles. The number of carbonyl (C=O) groups is 2. The van der Waals surface area contributed by atoms with Crippen LogP contribution in [0.4, 0.5) is 10.5 Å². The van der Waals surface area contributed by atoms with Crippen LogP contribution in [0.25, 0.3) is 0 Å². The van der Waals surface area contributed by atoms with Crippen LogP contribution in [-0.2, 0) is 0 Å². The van der Waals surface area contributed by atoms with E-state index in [1.54, 1.807) is 4.90 Å². The summed E-state index contributed by atoms with van der Waals surface area (Å²) in [6.45, 7) is 5.55. The Balaban J connectivity index is 2.09. The van der Waals surface area contributed by atoms with Crippen molar-refractivity contribution in [2.75, 3.05) is 18.4 Å². The number of hydrogen-bond donors (Lipinski definition) is 3. The van der Waals surface area contributed by atoms with Gasteiger partial charge in [-0.15, -0.1) is 0 Å². The van der Waals surface area contributed by atoms with E-state index in [-0.39, 0.29) is 22.8 Å². The number of phenols is 1. The Hall–Kier alpha value is -2.24. The highest BCUT2D eigenvalue weighted by atomic mass is 16.4. The minimum Gasteiger partial charge on any atom is -0.507 e. The van der Waals surface area contributed by atoms with Gasteiger partial charge in [0.25, 0.3) is 0 Å². The largest absolute Gasteiger partial charge is 0.507 e. The molecule has 20 heavy (non-hydrogen) atoms. The molecular formula is C14H18N2O4. The van der Waals surface area contributed by atoms with Crippen LogP contribution in [0, 0.1) is 5.41 Å². The minimum atomic E-state index is -1.24. The first-order chi connectivity index (χ1) is 9.28. The fourth-order valence-electron chi connectivity index (χ4n) is 2.27. The van der Waals surface area contributed by atoms with Gasteiger partial charge in [0.2, 0.25) is 0 Å². The molecule has 1 aliphatic heterocycles. The lowest BCUT2D eigenvalue weighted by Crippen LogP contribution is -2.34. The Morgan fingerprint density at radius 2 is 2.05 bits per heavy atom. The number of rotatable bonds is 2. The molecule has 2 amide bonds. The van der Waals surface area contributed by atoms with Crippen molar-refractivity contribution in [1.29, 1.82) is 0 Å². The molecule has 0 radical (unpaired) electrons. The molecule has 6 nitrogen and oxygen atoms in total. The molecule has 0 atom stereocenters. The Morgan fingerprint density at radius 1 is 1.35 bits per heavy atom. The Morgan fingerprint density at radius 3 is 2.60 bits per heavy atom. The van der Waals surface area contributed by atoms with Crippen LogP contribution in [-0.4, -0.2) is 40.2 Å². The normalized spacial score (nSPS) is 17.0. The predicted molar refractivity (Wildman–Crippen MR) is 74.1 cm³/mol. The molecule has 0 aromatic heterocycles. The molecule has 1 saturated heterocycles. The fourth-order valence-corrected chi connectivity index (χ4v) is 2.27. The molecular weight excluding hydrogens is 260 g/mol. The van der Waals surface area contributed by atoms with Crippen LogP contribution in [0.2, 0.25) is 0 Å². The van der Waals surface area contributed by atoms with Crippen molar-refractivity contribution >= 4 is 17.7 Å².